The third-order valence-corrected chi connectivity index (χ3v) is 3.24. The van der Waals surface area contributed by atoms with Crippen molar-refractivity contribution in [1.82, 2.24) is 4.57 Å². The van der Waals surface area contributed by atoms with Gasteiger partial charge in [0.05, 0.1) is 11.6 Å². The Morgan fingerprint density at radius 2 is 2.11 bits per heavy atom. The van der Waals surface area contributed by atoms with Gasteiger partial charge in [-0.3, -0.25) is 4.79 Å². The van der Waals surface area contributed by atoms with E-state index >= 15 is 0 Å². The van der Waals surface area contributed by atoms with Crippen LogP contribution in [-0.2, 0) is 11.3 Å². The fourth-order valence-corrected chi connectivity index (χ4v) is 2.24. The number of nitrogens with zero attached hydrogens (tertiary/aromatic N) is 1. The van der Waals surface area contributed by atoms with Crippen LogP contribution >= 0.6 is 0 Å². The van der Waals surface area contributed by atoms with Gasteiger partial charge in [-0.15, -0.1) is 0 Å². The number of para-hydroxylation sites is 1. The minimum Gasteiger partial charge on any atom is -0.377 e. The van der Waals surface area contributed by atoms with Gasteiger partial charge in [-0.05, 0) is 25.5 Å². The van der Waals surface area contributed by atoms with Crippen molar-refractivity contribution >= 4 is 10.9 Å². The van der Waals surface area contributed by atoms with Crippen molar-refractivity contribution < 1.29 is 4.74 Å². The number of hydrogen-bond acceptors (Lipinski definition) is 3. The maximum atomic E-state index is 11.8. The SMILES string of the molecule is CCOC(CN)CCn1ccc(=O)c2ccccc21. The highest BCUT2D eigenvalue weighted by molar-refractivity contribution is 5.78. The van der Waals surface area contributed by atoms with E-state index in [0.717, 1.165) is 23.9 Å². The molecule has 0 radical (unpaired) electrons. The molecule has 4 nitrogen and oxygen atoms in total. The highest BCUT2D eigenvalue weighted by Gasteiger charge is 2.07. The third kappa shape index (κ3) is 3.22. The number of pyridine rings is 1. The molecule has 4 heteroatoms. The second-order valence-electron chi connectivity index (χ2n) is 4.49. The average Bonchev–Trinajstić information content (AvgIpc) is 2.45. The summed E-state index contributed by atoms with van der Waals surface area (Å²) in [6, 6.07) is 9.27. The molecular formula is C15H20N2O2. The highest BCUT2D eigenvalue weighted by atomic mass is 16.5. The van der Waals surface area contributed by atoms with Gasteiger partial charge in [0.15, 0.2) is 5.43 Å². The van der Waals surface area contributed by atoms with E-state index in [4.69, 9.17) is 10.5 Å². The van der Waals surface area contributed by atoms with Gasteiger partial charge < -0.3 is 15.0 Å². The van der Waals surface area contributed by atoms with Crippen LogP contribution in [-0.4, -0.2) is 23.8 Å². The Labute approximate surface area is 112 Å². The maximum absolute atomic E-state index is 11.8. The monoisotopic (exact) mass is 260 g/mol. The number of rotatable bonds is 6. The molecule has 1 aromatic carbocycles. The first-order chi connectivity index (χ1) is 9.26. The summed E-state index contributed by atoms with van der Waals surface area (Å²) >= 11 is 0. The van der Waals surface area contributed by atoms with Crippen LogP contribution in [0.25, 0.3) is 10.9 Å². The molecule has 0 spiro atoms. The lowest BCUT2D eigenvalue weighted by Crippen LogP contribution is -2.25. The van der Waals surface area contributed by atoms with Gasteiger partial charge in [-0.1, -0.05) is 12.1 Å². The summed E-state index contributed by atoms with van der Waals surface area (Å²) in [5, 5.41) is 0.755. The smallest absolute Gasteiger partial charge is 0.189 e. The molecule has 0 saturated heterocycles. The fourth-order valence-electron chi connectivity index (χ4n) is 2.24. The van der Waals surface area contributed by atoms with Crippen molar-refractivity contribution in [3.63, 3.8) is 0 Å². The van der Waals surface area contributed by atoms with Crippen LogP contribution in [0, 0.1) is 0 Å². The summed E-state index contributed by atoms with van der Waals surface area (Å²) in [5.41, 5.74) is 6.70. The number of benzene rings is 1. The molecule has 1 heterocycles. The van der Waals surface area contributed by atoms with Crippen LogP contribution in [0.1, 0.15) is 13.3 Å². The number of nitrogens with two attached hydrogens (primary N) is 1. The number of aryl methyl sites for hydroxylation is 1. The Kier molecular flexibility index (Phi) is 4.71. The van der Waals surface area contributed by atoms with Crippen molar-refractivity contribution in [3.05, 3.63) is 46.8 Å². The molecule has 0 amide bonds. The van der Waals surface area contributed by atoms with Crippen molar-refractivity contribution in [1.29, 1.82) is 0 Å². The lowest BCUT2D eigenvalue weighted by molar-refractivity contribution is 0.0601. The summed E-state index contributed by atoms with van der Waals surface area (Å²) in [7, 11) is 0. The average molecular weight is 260 g/mol. The third-order valence-electron chi connectivity index (χ3n) is 3.24. The normalized spacial score (nSPS) is 12.7. The largest absolute Gasteiger partial charge is 0.377 e. The van der Waals surface area contributed by atoms with Crippen molar-refractivity contribution in [2.24, 2.45) is 5.73 Å². The highest BCUT2D eigenvalue weighted by Crippen LogP contribution is 2.11. The van der Waals surface area contributed by atoms with E-state index in [0.29, 0.717) is 13.2 Å². The number of fused-ring (bicyclic) bond motifs is 1. The second-order valence-corrected chi connectivity index (χ2v) is 4.49. The van der Waals surface area contributed by atoms with Gasteiger partial charge in [0.25, 0.3) is 0 Å². The predicted octanol–water partition coefficient (Wildman–Crippen LogP) is 1.76. The van der Waals surface area contributed by atoms with Gasteiger partial charge in [0.1, 0.15) is 0 Å². The lowest BCUT2D eigenvalue weighted by atomic mass is 10.2. The summed E-state index contributed by atoms with van der Waals surface area (Å²) < 4.78 is 7.63. The Bertz CT molecular complexity index is 592. The fraction of sp³-hybridized carbons (Fsp3) is 0.400. The van der Waals surface area contributed by atoms with Gasteiger partial charge in [0, 0.05) is 37.3 Å². The van der Waals surface area contributed by atoms with E-state index in [1.165, 1.54) is 0 Å². The maximum Gasteiger partial charge on any atom is 0.189 e. The molecule has 2 aromatic rings. The Morgan fingerprint density at radius 1 is 1.32 bits per heavy atom. The number of ether oxygens (including phenoxy) is 1. The van der Waals surface area contributed by atoms with Gasteiger partial charge in [-0.25, -0.2) is 0 Å². The van der Waals surface area contributed by atoms with E-state index in [1.807, 2.05) is 37.4 Å². The zero-order chi connectivity index (χ0) is 13.7. The molecule has 0 bridgehead atoms. The van der Waals surface area contributed by atoms with Crippen molar-refractivity contribution in [3.8, 4) is 0 Å². The molecule has 1 atom stereocenters. The quantitative estimate of drug-likeness (QED) is 0.861. The molecule has 1 unspecified atom stereocenters. The van der Waals surface area contributed by atoms with Crippen LogP contribution < -0.4 is 11.2 Å². The first-order valence-corrected chi connectivity index (χ1v) is 6.66. The van der Waals surface area contributed by atoms with Crippen LogP contribution in [0.2, 0.25) is 0 Å². The standard InChI is InChI=1S/C15H20N2O2/c1-2-19-12(11-16)7-9-17-10-8-15(18)13-5-3-4-6-14(13)17/h3-6,8,10,12H,2,7,9,11,16H2,1H3. The van der Waals surface area contributed by atoms with Crippen LogP contribution in [0.5, 0.6) is 0 Å². The molecule has 0 fully saturated rings. The minimum absolute atomic E-state index is 0.0621. The minimum atomic E-state index is 0.0621. The Balaban J connectivity index is 2.21. The number of aromatic nitrogens is 1. The zero-order valence-electron chi connectivity index (χ0n) is 11.2. The molecular weight excluding hydrogens is 240 g/mol. The van der Waals surface area contributed by atoms with E-state index in [1.54, 1.807) is 6.07 Å². The van der Waals surface area contributed by atoms with E-state index < -0.39 is 0 Å². The summed E-state index contributed by atoms with van der Waals surface area (Å²) in [6.45, 7) is 3.96. The molecule has 1 aromatic heterocycles. The second kappa shape index (κ2) is 6.50. The molecule has 19 heavy (non-hydrogen) atoms. The molecule has 102 valence electrons. The molecule has 0 saturated carbocycles. The van der Waals surface area contributed by atoms with Crippen molar-refractivity contribution in [2.75, 3.05) is 13.2 Å². The first-order valence-electron chi connectivity index (χ1n) is 6.66. The lowest BCUT2D eigenvalue weighted by Gasteiger charge is -2.17. The van der Waals surface area contributed by atoms with Crippen LogP contribution in [0.3, 0.4) is 0 Å². The molecule has 0 aliphatic heterocycles. The van der Waals surface area contributed by atoms with Crippen molar-refractivity contribution in [2.45, 2.75) is 26.0 Å². The topological polar surface area (TPSA) is 57.2 Å². The molecule has 2 N–H and O–H groups in total. The Hall–Kier alpha value is -1.65. The predicted molar refractivity (Wildman–Crippen MR) is 77.3 cm³/mol. The molecule has 2 rings (SSSR count). The van der Waals surface area contributed by atoms with E-state index in [9.17, 15) is 4.79 Å². The van der Waals surface area contributed by atoms with Gasteiger partial charge >= 0.3 is 0 Å². The number of hydrogen-bond donors (Lipinski definition) is 1. The summed E-state index contributed by atoms with van der Waals surface area (Å²) in [4.78, 5) is 11.8. The van der Waals surface area contributed by atoms with Crippen LogP contribution in [0.15, 0.2) is 41.3 Å². The Morgan fingerprint density at radius 3 is 2.84 bits per heavy atom. The summed E-state index contributed by atoms with van der Waals surface area (Å²) in [6.07, 6.45) is 2.75. The van der Waals surface area contributed by atoms with Crippen LogP contribution in [0.4, 0.5) is 0 Å². The van der Waals surface area contributed by atoms with Gasteiger partial charge in [0.2, 0.25) is 0 Å². The van der Waals surface area contributed by atoms with E-state index in [-0.39, 0.29) is 11.5 Å². The molecule has 0 aliphatic carbocycles. The zero-order valence-corrected chi connectivity index (χ0v) is 11.2. The summed E-state index contributed by atoms with van der Waals surface area (Å²) in [5.74, 6) is 0. The molecule has 0 aliphatic rings. The van der Waals surface area contributed by atoms with Gasteiger partial charge in [-0.2, -0.15) is 0 Å². The first kappa shape index (κ1) is 13.8. The van der Waals surface area contributed by atoms with E-state index in [2.05, 4.69) is 4.57 Å².